The fourth-order valence-electron chi connectivity index (χ4n) is 2.40. The lowest BCUT2D eigenvalue weighted by Crippen LogP contribution is -2.36. The van der Waals surface area contributed by atoms with Crippen LogP contribution in [0.4, 0.5) is 0 Å². The number of ether oxygens (including phenoxy) is 2. The van der Waals surface area contributed by atoms with Gasteiger partial charge in [-0.2, -0.15) is 0 Å². The van der Waals surface area contributed by atoms with Crippen LogP contribution < -0.4 is 10.1 Å². The van der Waals surface area contributed by atoms with E-state index in [1.54, 1.807) is 12.1 Å². The molecule has 0 radical (unpaired) electrons. The Morgan fingerprint density at radius 3 is 2.23 bits per heavy atom. The van der Waals surface area contributed by atoms with E-state index in [0.717, 1.165) is 24.2 Å². The Bertz CT molecular complexity index is 694. The zero-order valence-corrected chi connectivity index (χ0v) is 15.2. The molecule has 0 bridgehead atoms. The molecule has 1 amide bonds. The van der Waals surface area contributed by atoms with Crippen LogP contribution in [0.5, 0.6) is 5.75 Å². The maximum atomic E-state index is 12.0. The molecule has 0 saturated heterocycles. The van der Waals surface area contributed by atoms with E-state index in [2.05, 4.69) is 5.32 Å². The summed E-state index contributed by atoms with van der Waals surface area (Å²) in [5, 5.41) is 2.83. The second-order valence-electron chi connectivity index (χ2n) is 5.96. The van der Waals surface area contributed by atoms with Crippen LogP contribution in [0.2, 0.25) is 0 Å². The number of para-hydroxylation sites is 1. The van der Waals surface area contributed by atoms with Gasteiger partial charge in [0.2, 0.25) is 0 Å². The van der Waals surface area contributed by atoms with Gasteiger partial charge in [-0.1, -0.05) is 44.2 Å². The number of benzene rings is 2. The van der Waals surface area contributed by atoms with Crippen molar-refractivity contribution >= 4 is 11.9 Å². The monoisotopic (exact) mass is 355 g/mol. The normalized spacial score (nSPS) is 10.4. The standard InChI is InChI=1S/C21H25NO4/c1-3-18(4-2)22-20(23)15-26-21(24)17-12-10-16(11-13-17)14-25-19-8-6-5-7-9-19/h5-13,18H,3-4,14-15H2,1-2H3,(H,22,23). The Morgan fingerprint density at radius 2 is 1.62 bits per heavy atom. The highest BCUT2D eigenvalue weighted by molar-refractivity contribution is 5.91. The highest BCUT2D eigenvalue weighted by atomic mass is 16.5. The van der Waals surface area contributed by atoms with Gasteiger partial charge in [0.1, 0.15) is 12.4 Å². The first kappa shape index (κ1) is 19.5. The summed E-state index contributed by atoms with van der Waals surface area (Å²) in [6, 6.07) is 16.6. The molecule has 0 aromatic heterocycles. The van der Waals surface area contributed by atoms with E-state index >= 15 is 0 Å². The van der Waals surface area contributed by atoms with Gasteiger partial charge in [0.25, 0.3) is 5.91 Å². The number of hydrogen-bond donors (Lipinski definition) is 1. The van der Waals surface area contributed by atoms with Crippen molar-refractivity contribution in [2.75, 3.05) is 6.61 Å². The fraction of sp³-hybridized carbons (Fsp3) is 0.333. The Balaban J connectivity index is 1.79. The second-order valence-corrected chi connectivity index (χ2v) is 5.96. The average molecular weight is 355 g/mol. The predicted molar refractivity (Wildman–Crippen MR) is 100 cm³/mol. The van der Waals surface area contributed by atoms with Gasteiger partial charge >= 0.3 is 5.97 Å². The largest absolute Gasteiger partial charge is 0.489 e. The molecule has 0 unspecified atom stereocenters. The van der Waals surface area contributed by atoms with Gasteiger partial charge in [-0.3, -0.25) is 4.79 Å². The second kappa shape index (κ2) is 10.2. The summed E-state index contributed by atoms with van der Waals surface area (Å²) >= 11 is 0. The molecule has 0 aliphatic heterocycles. The first-order valence-corrected chi connectivity index (χ1v) is 8.85. The van der Waals surface area contributed by atoms with Crippen molar-refractivity contribution in [3.63, 3.8) is 0 Å². The number of hydrogen-bond acceptors (Lipinski definition) is 4. The molecule has 5 nitrogen and oxygen atoms in total. The zero-order valence-electron chi connectivity index (χ0n) is 15.2. The van der Waals surface area contributed by atoms with E-state index in [0.29, 0.717) is 12.2 Å². The van der Waals surface area contributed by atoms with Crippen LogP contribution >= 0.6 is 0 Å². The van der Waals surface area contributed by atoms with E-state index in [9.17, 15) is 9.59 Å². The lowest BCUT2D eigenvalue weighted by Gasteiger charge is -2.14. The number of carbonyl (C=O) groups is 2. The third-order valence-electron chi connectivity index (χ3n) is 4.02. The highest BCUT2D eigenvalue weighted by Gasteiger charge is 2.12. The van der Waals surface area contributed by atoms with Crippen LogP contribution in [-0.4, -0.2) is 24.5 Å². The smallest absolute Gasteiger partial charge is 0.338 e. The van der Waals surface area contributed by atoms with E-state index in [1.807, 2.05) is 56.3 Å². The van der Waals surface area contributed by atoms with Crippen molar-refractivity contribution in [3.05, 3.63) is 65.7 Å². The molecule has 2 rings (SSSR count). The van der Waals surface area contributed by atoms with Gasteiger partial charge in [0.05, 0.1) is 5.56 Å². The van der Waals surface area contributed by atoms with Gasteiger partial charge < -0.3 is 14.8 Å². The van der Waals surface area contributed by atoms with Crippen LogP contribution in [-0.2, 0) is 16.1 Å². The number of nitrogens with one attached hydrogen (secondary N) is 1. The zero-order chi connectivity index (χ0) is 18.8. The Kier molecular flexibility index (Phi) is 7.68. The number of rotatable bonds is 9. The SMILES string of the molecule is CCC(CC)NC(=O)COC(=O)c1ccc(COc2ccccc2)cc1. The van der Waals surface area contributed by atoms with Crippen molar-refractivity contribution in [1.29, 1.82) is 0 Å². The molecule has 0 aliphatic carbocycles. The summed E-state index contributed by atoms with van der Waals surface area (Å²) in [6.45, 7) is 4.15. The van der Waals surface area contributed by atoms with E-state index in [-0.39, 0.29) is 18.6 Å². The van der Waals surface area contributed by atoms with Crippen molar-refractivity contribution in [2.45, 2.75) is 39.3 Å². The van der Waals surface area contributed by atoms with Crippen LogP contribution in [0, 0.1) is 0 Å². The van der Waals surface area contributed by atoms with E-state index < -0.39 is 5.97 Å². The molecule has 0 spiro atoms. The van der Waals surface area contributed by atoms with Gasteiger partial charge in [0.15, 0.2) is 6.61 Å². The first-order chi connectivity index (χ1) is 12.6. The molecule has 138 valence electrons. The lowest BCUT2D eigenvalue weighted by molar-refractivity contribution is -0.125. The van der Waals surface area contributed by atoms with Crippen molar-refractivity contribution in [2.24, 2.45) is 0 Å². The van der Waals surface area contributed by atoms with Crippen molar-refractivity contribution in [1.82, 2.24) is 5.32 Å². The van der Waals surface area contributed by atoms with Gasteiger partial charge in [0, 0.05) is 6.04 Å². The van der Waals surface area contributed by atoms with Gasteiger partial charge in [-0.05, 0) is 42.7 Å². The Labute approximate surface area is 154 Å². The minimum Gasteiger partial charge on any atom is -0.489 e. The Hall–Kier alpha value is -2.82. The molecule has 26 heavy (non-hydrogen) atoms. The number of amides is 1. The average Bonchev–Trinajstić information content (AvgIpc) is 2.69. The van der Waals surface area contributed by atoms with Crippen LogP contribution in [0.3, 0.4) is 0 Å². The molecule has 0 fully saturated rings. The minimum atomic E-state index is -0.514. The lowest BCUT2D eigenvalue weighted by atomic mass is 10.1. The first-order valence-electron chi connectivity index (χ1n) is 8.85. The summed E-state index contributed by atoms with van der Waals surface area (Å²) in [4.78, 5) is 23.8. The predicted octanol–water partition coefficient (Wildman–Crippen LogP) is 3.73. The molecular formula is C21H25NO4. The summed E-state index contributed by atoms with van der Waals surface area (Å²) in [5.41, 5.74) is 1.35. The Morgan fingerprint density at radius 1 is 0.962 bits per heavy atom. The molecule has 0 atom stereocenters. The molecular weight excluding hydrogens is 330 g/mol. The minimum absolute atomic E-state index is 0.116. The third kappa shape index (κ3) is 6.24. The molecule has 0 heterocycles. The summed E-state index contributed by atoms with van der Waals surface area (Å²) in [7, 11) is 0. The van der Waals surface area contributed by atoms with E-state index in [1.165, 1.54) is 0 Å². The number of carbonyl (C=O) groups excluding carboxylic acids is 2. The molecule has 5 heteroatoms. The maximum Gasteiger partial charge on any atom is 0.338 e. The summed E-state index contributed by atoms with van der Waals surface area (Å²) < 4.78 is 10.7. The molecule has 0 saturated carbocycles. The quantitative estimate of drug-likeness (QED) is 0.696. The van der Waals surface area contributed by atoms with Crippen LogP contribution in [0.15, 0.2) is 54.6 Å². The highest BCUT2D eigenvalue weighted by Crippen LogP contribution is 2.12. The summed E-state index contributed by atoms with van der Waals surface area (Å²) in [5.74, 6) is -0.000354. The maximum absolute atomic E-state index is 12.0. The van der Waals surface area contributed by atoms with Crippen LogP contribution in [0.25, 0.3) is 0 Å². The fourth-order valence-corrected chi connectivity index (χ4v) is 2.40. The van der Waals surface area contributed by atoms with Gasteiger partial charge in [-0.15, -0.1) is 0 Å². The van der Waals surface area contributed by atoms with Crippen LogP contribution in [0.1, 0.15) is 42.6 Å². The van der Waals surface area contributed by atoms with Crippen molar-refractivity contribution in [3.8, 4) is 5.75 Å². The molecule has 0 aliphatic rings. The van der Waals surface area contributed by atoms with Crippen molar-refractivity contribution < 1.29 is 19.1 Å². The number of esters is 1. The molecule has 2 aromatic rings. The topological polar surface area (TPSA) is 64.6 Å². The van der Waals surface area contributed by atoms with Gasteiger partial charge in [-0.25, -0.2) is 4.79 Å². The van der Waals surface area contributed by atoms with E-state index in [4.69, 9.17) is 9.47 Å². The molecule has 2 aromatic carbocycles. The summed E-state index contributed by atoms with van der Waals surface area (Å²) in [6.07, 6.45) is 1.70. The third-order valence-corrected chi connectivity index (χ3v) is 4.02. The molecule has 1 N–H and O–H groups in total.